The molecule has 1 aromatic carbocycles. The van der Waals surface area contributed by atoms with Gasteiger partial charge in [-0.25, -0.2) is 0 Å². The zero-order chi connectivity index (χ0) is 15.7. The van der Waals surface area contributed by atoms with Crippen molar-refractivity contribution in [1.29, 1.82) is 0 Å². The first-order valence-electron chi connectivity index (χ1n) is 7.36. The van der Waals surface area contributed by atoms with Gasteiger partial charge in [0.25, 0.3) is 0 Å². The largest absolute Gasteiger partial charge is 0.466 e. The molecule has 1 amide bonds. The van der Waals surface area contributed by atoms with E-state index in [0.717, 1.165) is 17.4 Å². The fraction of sp³-hybridized carbons (Fsp3) is 0.353. The van der Waals surface area contributed by atoms with Crippen molar-refractivity contribution >= 4 is 34.8 Å². The van der Waals surface area contributed by atoms with Crippen LogP contribution >= 0.6 is 23.2 Å². The van der Waals surface area contributed by atoms with Crippen LogP contribution in [0, 0.1) is 5.92 Å². The highest BCUT2D eigenvalue weighted by atomic mass is 35.5. The van der Waals surface area contributed by atoms with Gasteiger partial charge >= 0.3 is 0 Å². The Balaban J connectivity index is 1.51. The molecule has 1 heterocycles. The van der Waals surface area contributed by atoms with Crippen LogP contribution in [-0.2, 0) is 11.2 Å². The van der Waals surface area contributed by atoms with Crippen molar-refractivity contribution in [3.8, 4) is 0 Å². The number of amides is 1. The standard InChI is InChI=1S/C17H17Cl2NO2/c1-10-8-13(10)16-6-3-12(22-16)4-7-17(21)20-11-2-5-14(18)15(19)9-11/h2-3,5-6,9-10,13H,4,7-8H2,1H3,(H,20,21)/t10-,13+/m0/s1. The summed E-state index contributed by atoms with van der Waals surface area (Å²) < 4.78 is 5.79. The van der Waals surface area contributed by atoms with Crippen molar-refractivity contribution in [1.82, 2.24) is 0 Å². The lowest BCUT2D eigenvalue weighted by Crippen LogP contribution is -2.12. The van der Waals surface area contributed by atoms with E-state index in [1.807, 2.05) is 12.1 Å². The third kappa shape index (κ3) is 3.65. The topological polar surface area (TPSA) is 42.2 Å². The summed E-state index contributed by atoms with van der Waals surface area (Å²) in [5.74, 6) is 3.12. The first-order chi connectivity index (χ1) is 10.5. The summed E-state index contributed by atoms with van der Waals surface area (Å²) in [6.45, 7) is 2.22. The molecule has 1 fully saturated rings. The number of benzene rings is 1. The molecule has 0 aliphatic heterocycles. The molecule has 0 spiro atoms. The van der Waals surface area contributed by atoms with Crippen LogP contribution < -0.4 is 5.32 Å². The van der Waals surface area contributed by atoms with Gasteiger partial charge in [0, 0.05) is 24.4 Å². The third-order valence-electron chi connectivity index (χ3n) is 3.96. The molecule has 1 saturated carbocycles. The lowest BCUT2D eigenvalue weighted by molar-refractivity contribution is -0.116. The maximum absolute atomic E-state index is 12.0. The molecule has 5 heteroatoms. The second-order valence-electron chi connectivity index (χ2n) is 5.80. The molecule has 1 N–H and O–H groups in total. The van der Waals surface area contributed by atoms with E-state index in [4.69, 9.17) is 27.6 Å². The zero-order valence-electron chi connectivity index (χ0n) is 12.2. The van der Waals surface area contributed by atoms with E-state index in [2.05, 4.69) is 12.2 Å². The number of carbonyl (C=O) groups is 1. The molecule has 1 aromatic heterocycles. The van der Waals surface area contributed by atoms with Crippen molar-refractivity contribution in [3.05, 3.63) is 51.9 Å². The van der Waals surface area contributed by atoms with E-state index in [9.17, 15) is 4.79 Å². The van der Waals surface area contributed by atoms with Crippen LogP contribution in [0.5, 0.6) is 0 Å². The molecule has 0 radical (unpaired) electrons. The van der Waals surface area contributed by atoms with Gasteiger partial charge in [-0.1, -0.05) is 30.1 Å². The molecule has 1 aliphatic carbocycles. The average molecular weight is 338 g/mol. The summed E-state index contributed by atoms with van der Waals surface area (Å²) in [5.41, 5.74) is 0.645. The summed E-state index contributed by atoms with van der Waals surface area (Å²) in [4.78, 5) is 12.0. The van der Waals surface area contributed by atoms with Crippen molar-refractivity contribution in [2.24, 2.45) is 5.92 Å². The Morgan fingerprint density at radius 3 is 2.73 bits per heavy atom. The van der Waals surface area contributed by atoms with Gasteiger partial charge in [0.2, 0.25) is 5.91 Å². The van der Waals surface area contributed by atoms with Crippen LogP contribution in [-0.4, -0.2) is 5.91 Å². The molecule has 22 heavy (non-hydrogen) atoms. The molecule has 2 atom stereocenters. The van der Waals surface area contributed by atoms with E-state index in [1.54, 1.807) is 18.2 Å². The normalized spacial score (nSPS) is 20.0. The summed E-state index contributed by atoms with van der Waals surface area (Å²) in [7, 11) is 0. The molecule has 0 saturated heterocycles. The Morgan fingerprint density at radius 1 is 1.27 bits per heavy atom. The molecule has 0 unspecified atom stereocenters. The minimum absolute atomic E-state index is 0.0730. The van der Waals surface area contributed by atoms with Gasteiger partial charge in [-0.3, -0.25) is 4.79 Å². The summed E-state index contributed by atoms with van der Waals surface area (Å²) in [6, 6.07) is 9.02. The number of carbonyl (C=O) groups excluding carboxylic acids is 1. The maximum Gasteiger partial charge on any atom is 0.224 e. The lowest BCUT2D eigenvalue weighted by atomic mass is 10.2. The predicted molar refractivity (Wildman–Crippen MR) is 88.6 cm³/mol. The minimum atomic E-state index is -0.0730. The van der Waals surface area contributed by atoms with Crippen LogP contribution in [0.4, 0.5) is 5.69 Å². The molecular weight excluding hydrogens is 321 g/mol. The number of furan rings is 1. The smallest absolute Gasteiger partial charge is 0.224 e. The maximum atomic E-state index is 12.0. The zero-order valence-corrected chi connectivity index (χ0v) is 13.7. The number of hydrogen-bond acceptors (Lipinski definition) is 2. The number of nitrogens with one attached hydrogen (secondary N) is 1. The SMILES string of the molecule is C[C@H]1C[C@H]1c1ccc(CCC(=O)Nc2ccc(Cl)c(Cl)c2)o1. The average Bonchev–Trinajstić information content (AvgIpc) is 3.02. The van der Waals surface area contributed by atoms with E-state index in [1.165, 1.54) is 6.42 Å². The quantitative estimate of drug-likeness (QED) is 0.806. The first-order valence-corrected chi connectivity index (χ1v) is 8.12. The van der Waals surface area contributed by atoms with Gasteiger partial charge < -0.3 is 9.73 Å². The fourth-order valence-corrected chi connectivity index (χ4v) is 2.78. The summed E-state index contributed by atoms with van der Waals surface area (Å²) in [6.07, 6.45) is 2.16. The second-order valence-corrected chi connectivity index (χ2v) is 6.62. The fourth-order valence-electron chi connectivity index (χ4n) is 2.48. The van der Waals surface area contributed by atoms with Crippen LogP contribution in [0.2, 0.25) is 10.0 Å². The molecule has 3 nitrogen and oxygen atoms in total. The van der Waals surface area contributed by atoms with Crippen LogP contribution in [0.1, 0.15) is 37.2 Å². The van der Waals surface area contributed by atoms with E-state index < -0.39 is 0 Å². The van der Waals surface area contributed by atoms with E-state index in [0.29, 0.717) is 34.5 Å². The number of rotatable bonds is 5. The van der Waals surface area contributed by atoms with Crippen molar-refractivity contribution in [2.45, 2.75) is 32.1 Å². The monoisotopic (exact) mass is 337 g/mol. The molecule has 2 aromatic rings. The van der Waals surface area contributed by atoms with Gasteiger partial charge in [-0.05, 0) is 42.7 Å². The van der Waals surface area contributed by atoms with E-state index >= 15 is 0 Å². The van der Waals surface area contributed by atoms with Crippen LogP contribution in [0.3, 0.4) is 0 Å². The minimum Gasteiger partial charge on any atom is -0.466 e. The predicted octanol–water partition coefficient (Wildman–Crippen LogP) is 5.28. The third-order valence-corrected chi connectivity index (χ3v) is 4.70. The van der Waals surface area contributed by atoms with Gasteiger partial charge in [0.15, 0.2) is 0 Å². The van der Waals surface area contributed by atoms with Crippen molar-refractivity contribution < 1.29 is 9.21 Å². The molecular formula is C17H17Cl2NO2. The highest BCUT2D eigenvalue weighted by molar-refractivity contribution is 6.42. The van der Waals surface area contributed by atoms with Gasteiger partial charge in [-0.15, -0.1) is 0 Å². The van der Waals surface area contributed by atoms with Crippen LogP contribution in [0.15, 0.2) is 34.7 Å². The number of hydrogen-bond donors (Lipinski definition) is 1. The second kappa shape index (κ2) is 6.35. The Hall–Kier alpha value is -1.45. The summed E-state index contributed by atoms with van der Waals surface area (Å²) in [5, 5.41) is 3.70. The Labute approximate surface area is 139 Å². The highest BCUT2D eigenvalue weighted by Crippen LogP contribution is 2.47. The number of anilines is 1. The van der Waals surface area contributed by atoms with Crippen molar-refractivity contribution in [2.75, 3.05) is 5.32 Å². The highest BCUT2D eigenvalue weighted by Gasteiger charge is 2.36. The molecule has 116 valence electrons. The summed E-state index contributed by atoms with van der Waals surface area (Å²) >= 11 is 11.8. The van der Waals surface area contributed by atoms with Gasteiger partial charge in [-0.2, -0.15) is 0 Å². The van der Waals surface area contributed by atoms with Crippen molar-refractivity contribution in [3.63, 3.8) is 0 Å². The molecule has 0 bridgehead atoms. The Morgan fingerprint density at radius 2 is 2.05 bits per heavy atom. The van der Waals surface area contributed by atoms with Crippen LogP contribution in [0.25, 0.3) is 0 Å². The molecule has 1 aliphatic rings. The lowest BCUT2D eigenvalue weighted by Gasteiger charge is -2.05. The Kier molecular flexibility index (Phi) is 4.46. The molecule has 3 rings (SSSR count). The Bertz CT molecular complexity index is 696. The number of aryl methyl sites for hydroxylation is 1. The van der Waals surface area contributed by atoms with E-state index in [-0.39, 0.29) is 5.91 Å². The van der Waals surface area contributed by atoms with Gasteiger partial charge in [0.1, 0.15) is 11.5 Å². The first kappa shape index (κ1) is 15.4. The number of halogens is 2. The van der Waals surface area contributed by atoms with Gasteiger partial charge in [0.05, 0.1) is 10.0 Å².